The summed E-state index contributed by atoms with van der Waals surface area (Å²) in [6, 6.07) is -0.0256. The summed E-state index contributed by atoms with van der Waals surface area (Å²) in [7, 11) is 3.43. The molecule has 14 heavy (non-hydrogen) atoms. The number of hydrogen-bond donors (Lipinski definition) is 1. The molecule has 0 saturated heterocycles. The van der Waals surface area contributed by atoms with Gasteiger partial charge in [-0.05, 0) is 5.92 Å². The fraction of sp³-hybridized carbons (Fsp3) is 0.900. The minimum Gasteiger partial charge on any atom is -0.383 e. The van der Waals surface area contributed by atoms with Gasteiger partial charge in [0.05, 0.1) is 6.61 Å². The Kier molecular flexibility index (Phi) is 7.20. The lowest BCUT2D eigenvalue weighted by molar-refractivity contribution is 0.181. The van der Waals surface area contributed by atoms with Gasteiger partial charge in [0, 0.05) is 27.2 Å². The Bertz CT molecular complexity index is 162. The number of nitrogens with one attached hydrogen (secondary N) is 1. The summed E-state index contributed by atoms with van der Waals surface area (Å²) < 4.78 is 4.84. The molecule has 0 fully saturated rings. The molecule has 0 heterocycles. The second-order valence-corrected chi connectivity index (χ2v) is 3.62. The standard InChI is InChI=1S/C10H22N2O2/c1-5-9(2)8-12(3)10(13)11-6-7-14-4/h9H,5-8H2,1-4H3,(H,11,13)/t9-/m0/s1. The first-order valence-electron chi connectivity index (χ1n) is 5.09. The molecule has 0 aromatic carbocycles. The van der Waals surface area contributed by atoms with Gasteiger partial charge in [0.15, 0.2) is 0 Å². The Balaban J connectivity index is 3.64. The van der Waals surface area contributed by atoms with Crippen molar-refractivity contribution < 1.29 is 9.53 Å². The predicted octanol–water partition coefficient (Wildman–Crippen LogP) is 1.32. The summed E-state index contributed by atoms with van der Waals surface area (Å²) in [5.41, 5.74) is 0. The first-order chi connectivity index (χ1) is 6.61. The number of rotatable bonds is 6. The van der Waals surface area contributed by atoms with Crippen LogP contribution in [0.4, 0.5) is 4.79 Å². The first kappa shape index (κ1) is 13.2. The molecule has 84 valence electrons. The van der Waals surface area contributed by atoms with Gasteiger partial charge >= 0.3 is 6.03 Å². The zero-order valence-corrected chi connectivity index (χ0v) is 9.67. The van der Waals surface area contributed by atoms with Crippen molar-refractivity contribution in [3.05, 3.63) is 0 Å². The molecule has 1 N–H and O–H groups in total. The number of nitrogens with zero attached hydrogens (tertiary/aromatic N) is 1. The average Bonchev–Trinajstić information content (AvgIpc) is 2.17. The number of amides is 2. The highest BCUT2D eigenvalue weighted by Gasteiger charge is 2.09. The second kappa shape index (κ2) is 7.62. The van der Waals surface area contributed by atoms with Gasteiger partial charge in [-0.2, -0.15) is 0 Å². The zero-order valence-electron chi connectivity index (χ0n) is 9.67. The molecular weight excluding hydrogens is 180 g/mol. The minimum atomic E-state index is -0.0256. The molecule has 0 aromatic heterocycles. The molecule has 4 heteroatoms. The van der Waals surface area contributed by atoms with Crippen molar-refractivity contribution in [2.75, 3.05) is 33.9 Å². The third-order valence-electron chi connectivity index (χ3n) is 2.21. The Hall–Kier alpha value is -0.770. The molecule has 0 spiro atoms. The maximum Gasteiger partial charge on any atom is 0.317 e. The molecule has 4 nitrogen and oxygen atoms in total. The maximum absolute atomic E-state index is 11.4. The molecule has 2 amide bonds. The highest BCUT2D eigenvalue weighted by molar-refractivity contribution is 5.73. The normalized spacial score (nSPS) is 12.3. The van der Waals surface area contributed by atoms with Crippen molar-refractivity contribution in [1.29, 1.82) is 0 Å². The van der Waals surface area contributed by atoms with Gasteiger partial charge in [-0.1, -0.05) is 20.3 Å². The van der Waals surface area contributed by atoms with E-state index in [4.69, 9.17) is 4.74 Å². The van der Waals surface area contributed by atoms with Crippen molar-refractivity contribution in [3.63, 3.8) is 0 Å². The molecule has 0 unspecified atom stereocenters. The molecule has 0 rings (SSSR count). The van der Waals surface area contributed by atoms with Crippen LogP contribution in [0, 0.1) is 5.92 Å². The molecular formula is C10H22N2O2. The number of hydrogen-bond acceptors (Lipinski definition) is 2. The highest BCUT2D eigenvalue weighted by Crippen LogP contribution is 2.02. The van der Waals surface area contributed by atoms with E-state index in [9.17, 15) is 4.79 Å². The summed E-state index contributed by atoms with van der Waals surface area (Å²) in [6.45, 7) is 6.19. The van der Waals surface area contributed by atoms with Crippen LogP contribution < -0.4 is 5.32 Å². The minimum absolute atomic E-state index is 0.0256. The van der Waals surface area contributed by atoms with E-state index in [1.807, 2.05) is 7.05 Å². The van der Waals surface area contributed by atoms with Crippen LogP contribution in [-0.4, -0.2) is 44.8 Å². The summed E-state index contributed by atoms with van der Waals surface area (Å²) in [5, 5.41) is 2.77. The summed E-state index contributed by atoms with van der Waals surface area (Å²) in [4.78, 5) is 13.1. The van der Waals surface area contributed by atoms with Crippen LogP contribution >= 0.6 is 0 Å². The Labute approximate surface area is 86.6 Å². The molecule has 0 aliphatic carbocycles. The van der Waals surface area contributed by atoms with Crippen LogP contribution in [0.15, 0.2) is 0 Å². The van der Waals surface area contributed by atoms with Crippen LogP contribution in [0.3, 0.4) is 0 Å². The van der Waals surface area contributed by atoms with Crippen molar-refractivity contribution >= 4 is 6.03 Å². The lowest BCUT2D eigenvalue weighted by atomic mass is 10.1. The molecule has 0 bridgehead atoms. The number of carbonyl (C=O) groups excluding carboxylic acids is 1. The van der Waals surface area contributed by atoms with E-state index in [-0.39, 0.29) is 6.03 Å². The van der Waals surface area contributed by atoms with Crippen molar-refractivity contribution in [3.8, 4) is 0 Å². The van der Waals surface area contributed by atoms with E-state index < -0.39 is 0 Å². The third-order valence-corrected chi connectivity index (χ3v) is 2.21. The van der Waals surface area contributed by atoms with E-state index in [0.29, 0.717) is 19.1 Å². The second-order valence-electron chi connectivity index (χ2n) is 3.62. The van der Waals surface area contributed by atoms with Gasteiger partial charge < -0.3 is 15.0 Å². The largest absolute Gasteiger partial charge is 0.383 e. The SMILES string of the molecule is CC[C@H](C)CN(C)C(=O)NCCOC. The van der Waals surface area contributed by atoms with Crippen molar-refractivity contribution in [2.45, 2.75) is 20.3 Å². The highest BCUT2D eigenvalue weighted by atomic mass is 16.5. The number of ether oxygens (including phenoxy) is 1. The van der Waals surface area contributed by atoms with Gasteiger partial charge in [-0.25, -0.2) is 4.79 Å². The van der Waals surface area contributed by atoms with Crippen molar-refractivity contribution in [2.24, 2.45) is 5.92 Å². The van der Waals surface area contributed by atoms with Gasteiger partial charge in [-0.3, -0.25) is 0 Å². The Morgan fingerprint density at radius 1 is 1.57 bits per heavy atom. The lowest BCUT2D eigenvalue weighted by Crippen LogP contribution is -2.40. The summed E-state index contributed by atoms with van der Waals surface area (Å²) >= 11 is 0. The van der Waals surface area contributed by atoms with Crippen LogP contribution in [0.5, 0.6) is 0 Å². The van der Waals surface area contributed by atoms with E-state index >= 15 is 0 Å². The molecule has 0 aromatic rings. The van der Waals surface area contributed by atoms with Crippen LogP contribution in [0.1, 0.15) is 20.3 Å². The lowest BCUT2D eigenvalue weighted by Gasteiger charge is -2.21. The maximum atomic E-state index is 11.4. The smallest absolute Gasteiger partial charge is 0.317 e. The van der Waals surface area contributed by atoms with E-state index in [2.05, 4.69) is 19.2 Å². The molecule has 0 aliphatic rings. The van der Waals surface area contributed by atoms with Crippen molar-refractivity contribution in [1.82, 2.24) is 10.2 Å². The first-order valence-corrected chi connectivity index (χ1v) is 5.09. The topological polar surface area (TPSA) is 41.6 Å². The van der Waals surface area contributed by atoms with Gasteiger partial charge in [0.2, 0.25) is 0 Å². The van der Waals surface area contributed by atoms with E-state index in [0.717, 1.165) is 13.0 Å². The van der Waals surface area contributed by atoms with Crippen LogP contribution in [0.25, 0.3) is 0 Å². The zero-order chi connectivity index (χ0) is 11.0. The van der Waals surface area contributed by atoms with Gasteiger partial charge in [0.25, 0.3) is 0 Å². The average molecular weight is 202 g/mol. The van der Waals surface area contributed by atoms with E-state index in [1.54, 1.807) is 12.0 Å². The summed E-state index contributed by atoms with van der Waals surface area (Å²) in [6.07, 6.45) is 1.09. The van der Waals surface area contributed by atoms with Crippen LogP contribution in [0.2, 0.25) is 0 Å². The summed E-state index contributed by atoms with van der Waals surface area (Å²) in [5.74, 6) is 0.549. The quantitative estimate of drug-likeness (QED) is 0.660. The predicted molar refractivity (Wildman–Crippen MR) is 57.4 cm³/mol. The fourth-order valence-electron chi connectivity index (χ4n) is 1.07. The molecule has 0 saturated carbocycles. The Morgan fingerprint density at radius 2 is 2.21 bits per heavy atom. The van der Waals surface area contributed by atoms with Crippen LogP contribution in [-0.2, 0) is 4.74 Å². The number of methoxy groups -OCH3 is 1. The molecule has 0 aliphatic heterocycles. The molecule has 0 radical (unpaired) electrons. The monoisotopic (exact) mass is 202 g/mol. The molecule has 1 atom stereocenters. The van der Waals surface area contributed by atoms with Gasteiger partial charge in [-0.15, -0.1) is 0 Å². The van der Waals surface area contributed by atoms with E-state index in [1.165, 1.54) is 0 Å². The number of carbonyl (C=O) groups is 1. The number of urea groups is 1. The fourth-order valence-corrected chi connectivity index (χ4v) is 1.07. The Morgan fingerprint density at radius 3 is 2.71 bits per heavy atom. The van der Waals surface area contributed by atoms with Gasteiger partial charge in [0.1, 0.15) is 0 Å². The third kappa shape index (κ3) is 5.80.